The van der Waals surface area contributed by atoms with Gasteiger partial charge in [0.05, 0.1) is 11.9 Å². The minimum Gasteiger partial charge on any atom is -0.465 e. The van der Waals surface area contributed by atoms with Crippen LogP contribution in [0.3, 0.4) is 0 Å². The monoisotopic (exact) mass is 192 g/mol. The topological polar surface area (TPSA) is 53.4 Å². The second kappa shape index (κ2) is 3.29. The molecule has 0 saturated heterocycles. The zero-order valence-corrected chi connectivity index (χ0v) is 7.97. The van der Waals surface area contributed by atoms with Gasteiger partial charge in [0, 0.05) is 13.2 Å². The summed E-state index contributed by atoms with van der Waals surface area (Å²) >= 11 is 0. The largest absolute Gasteiger partial charge is 0.465 e. The molecular formula is C10H12N2O2. The number of carboxylic acid groups (broad SMARTS) is 1. The highest BCUT2D eigenvalue weighted by atomic mass is 16.4. The van der Waals surface area contributed by atoms with E-state index < -0.39 is 6.09 Å². The fraction of sp³-hybridized carbons (Fsp3) is 0.400. The van der Waals surface area contributed by atoms with E-state index in [2.05, 4.69) is 4.98 Å². The van der Waals surface area contributed by atoms with Gasteiger partial charge in [-0.1, -0.05) is 0 Å². The Morgan fingerprint density at radius 1 is 1.57 bits per heavy atom. The summed E-state index contributed by atoms with van der Waals surface area (Å²) in [6, 6.07) is 1.90. The predicted molar refractivity (Wildman–Crippen MR) is 52.6 cm³/mol. The van der Waals surface area contributed by atoms with Crippen LogP contribution in [-0.2, 0) is 0 Å². The molecule has 1 aromatic rings. The van der Waals surface area contributed by atoms with Crippen molar-refractivity contribution in [2.24, 2.45) is 0 Å². The van der Waals surface area contributed by atoms with Gasteiger partial charge < -0.3 is 5.11 Å². The highest BCUT2D eigenvalue weighted by Crippen LogP contribution is 2.40. The van der Waals surface area contributed by atoms with E-state index in [1.165, 1.54) is 24.8 Å². The molecule has 4 nitrogen and oxygen atoms in total. The van der Waals surface area contributed by atoms with Gasteiger partial charge in [0.25, 0.3) is 0 Å². The third-order valence-corrected chi connectivity index (χ3v) is 2.47. The van der Waals surface area contributed by atoms with Crippen LogP contribution in [-0.4, -0.2) is 23.2 Å². The van der Waals surface area contributed by atoms with E-state index in [1.54, 1.807) is 6.20 Å². The van der Waals surface area contributed by atoms with Crippen LogP contribution < -0.4 is 4.90 Å². The quantitative estimate of drug-likeness (QED) is 0.780. The lowest BCUT2D eigenvalue weighted by Crippen LogP contribution is -2.23. The van der Waals surface area contributed by atoms with Gasteiger partial charge in [0.2, 0.25) is 0 Å². The third kappa shape index (κ3) is 1.69. The highest BCUT2D eigenvalue weighted by molar-refractivity contribution is 5.85. The second-order valence-electron chi connectivity index (χ2n) is 3.59. The van der Waals surface area contributed by atoms with Gasteiger partial charge in [-0.3, -0.25) is 9.88 Å². The Morgan fingerprint density at radius 3 is 2.86 bits per heavy atom. The van der Waals surface area contributed by atoms with Crippen LogP contribution in [0.5, 0.6) is 0 Å². The lowest BCUT2D eigenvalue weighted by atomic mass is 10.2. The van der Waals surface area contributed by atoms with E-state index in [0.29, 0.717) is 11.6 Å². The first-order chi connectivity index (χ1) is 6.68. The molecule has 0 atom stereocenters. The number of amides is 1. The van der Waals surface area contributed by atoms with Gasteiger partial charge >= 0.3 is 6.09 Å². The number of hydrogen-bond donors (Lipinski definition) is 1. The van der Waals surface area contributed by atoms with Crippen molar-refractivity contribution in [3.8, 4) is 0 Å². The van der Waals surface area contributed by atoms with Gasteiger partial charge in [-0.15, -0.1) is 0 Å². The first kappa shape index (κ1) is 8.99. The van der Waals surface area contributed by atoms with Crippen molar-refractivity contribution < 1.29 is 9.90 Å². The molecule has 1 aromatic heterocycles. The maximum Gasteiger partial charge on any atom is 0.411 e. The number of nitrogens with zero attached hydrogens (tertiary/aromatic N) is 2. The third-order valence-electron chi connectivity index (χ3n) is 2.47. The van der Waals surface area contributed by atoms with Crippen LogP contribution in [0.2, 0.25) is 0 Å². The Morgan fingerprint density at radius 2 is 2.29 bits per heavy atom. The maximum atomic E-state index is 10.7. The van der Waals surface area contributed by atoms with E-state index in [9.17, 15) is 4.79 Å². The molecule has 1 aliphatic carbocycles. The average Bonchev–Trinajstić information content (AvgIpc) is 3.00. The Kier molecular flexibility index (Phi) is 2.11. The first-order valence-electron chi connectivity index (χ1n) is 4.60. The van der Waals surface area contributed by atoms with Crippen molar-refractivity contribution in [1.82, 2.24) is 4.98 Å². The molecule has 0 aromatic carbocycles. The first-order valence-corrected chi connectivity index (χ1v) is 4.60. The van der Waals surface area contributed by atoms with E-state index in [4.69, 9.17) is 5.11 Å². The van der Waals surface area contributed by atoms with Crippen LogP contribution >= 0.6 is 0 Å². The SMILES string of the molecule is CN(C(=O)O)c1cncc(C2CC2)c1. The molecule has 14 heavy (non-hydrogen) atoms. The van der Waals surface area contributed by atoms with Crippen molar-refractivity contribution in [1.29, 1.82) is 0 Å². The van der Waals surface area contributed by atoms with Crippen LogP contribution in [0.4, 0.5) is 10.5 Å². The molecule has 0 unspecified atom stereocenters. The van der Waals surface area contributed by atoms with Gasteiger partial charge in [-0.25, -0.2) is 4.79 Å². The van der Waals surface area contributed by atoms with Gasteiger partial charge in [-0.2, -0.15) is 0 Å². The molecule has 1 aliphatic rings. The maximum absolute atomic E-state index is 10.7. The Bertz CT molecular complexity index is 361. The molecule has 0 radical (unpaired) electrons. The molecular weight excluding hydrogens is 180 g/mol. The van der Waals surface area contributed by atoms with Crippen molar-refractivity contribution >= 4 is 11.8 Å². The summed E-state index contributed by atoms with van der Waals surface area (Å²) in [4.78, 5) is 15.9. The Balaban J connectivity index is 2.25. The summed E-state index contributed by atoms with van der Waals surface area (Å²) in [7, 11) is 1.52. The number of carbonyl (C=O) groups is 1. The molecule has 0 aliphatic heterocycles. The Labute approximate surface area is 82.2 Å². The van der Waals surface area contributed by atoms with E-state index in [-0.39, 0.29) is 0 Å². The standard InChI is InChI=1S/C10H12N2O2/c1-12(10(13)14)9-4-8(5-11-6-9)7-2-3-7/h4-7H,2-3H2,1H3,(H,13,14). The number of rotatable bonds is 2. The molecule has 4 heteroatoms. The number of anilines is 1. The number of pyridine rings is 1. The molecule has 1 heterocycles. The van der Waals surface area contributed by atoms with Crippen LogP contribution in [0.25, 0.3) is 0 Å². The van der Waals surface area contributed by atoms with E-state index >= 15 is 0 Å². The fourth-order valence-electron chi connectivity index (χ4n) is 1.38. The van der Waals surface area contributed by atoms with Gasteiger partial charge in [0.15, 0.2) is 0 Å². The summed E-state index contributed by atoms with van der Waals surface area (Å²) < 4.78 is 0. The highest BCUT2D eigenvalue weighted by Gasteiger charge is 2.24. The zero-order chi connectivity index (χ0) is 10.1. The molecule has 74 valence electrons. The predicted octanol–water partition coefficient (Wildman–Crippen LogP) is 2.07. The lowest BCUT2D eigenvalue weighted by molar-refractivity contribution is 0.203. The van der Waals surface area contributed by atoms with E-state index in [1.807, 2.05) is 12.3 Å². The summed E-state index contributed by atoms with van der Waals surface area (Å²) in [5, 5.41) is 8.78. The summed E-state index contributed by atoms with van der Waals surface area (Å²) in [6.07, 6.45) is 4.82. The molecule has 1 amide bonds. The molecule has 1 N–H and O–H groups in total. The minimum absolute atomic E-state index is 0.602. The summed E-state index contributed by atoms with van der Waals surface area (Å²) in [5.74, 6) is 0.602. The summed E-state index contributed by atoms with van der Waals surface area (Å²) in [5.41, 5.74) is 1.79. The fourth-order valence-corrected chi connectivity index (χ4v) is 1.38. The van der Waals surface area contributed by atoms with Crippen LogP contribution in [0.1, 0.15) is 24.3 Å². The number of hydrogen-bond acceptors (Lipinski definition) is 2. The van der Waals surface area contributed by atoms with Crippen molar-refractivity contribution in [2.75, 3.05) is 11.9 Å². The van der Waals surface area contributed by atoms with Crippen LogP contribution in [0, 0.1) is 0 Å². The van der Waals surface area contributed by atoms with Gasteiger partial charge in [0.1, 0.15) is 0 Å². The molecule has 1 fully saturated rings. The molecule has 0 spiro atoms. The average molecular weight is 192 g/mol. The normalized spacial score (nSPS) is 15.2. The van der Waals surface area contributed by atoms with Crippen molar-refractivity contribution in [2.45, 2.75) is 18.8 Å². The van der Waals surface area contributed by atoms with Crippen molar-refractivity contribution in [3.63, 3.8) is 0 Å². The van der Waals surface area contributed by atoms with Gasteiger partial charge in [-0.05, 0) is 30.4 Å². The second-order valence-corrected chi connectivity index (χ2v) is 3.59. The Hall–Kier alpha value is -1.58. The van der Waals surface area contributed by atoms with Crippen LogP contribution in [0.15, 0.2) is 18.5 Å². The number of aromatic nitrogens is 1. The molecule has 1 saturated carbocycles. The molecule has 0 bridgehead atoms. The van der Waals surface area contributed by atoms with Crippen molar-refractivity contribution in [3.05, 3.63) is 24.0 Å². The zero-order valence-electron chi connectivity index (χ0n) is 7.97. The smallest absolute Gasteiger partial charge is 0.411 e. The molecule has 2 rings (SSSR count). The summed E-state index contributed by atoms with van der Waals surface area (Å²) in [6.45, 7) is 0. The minimum atomic E-state index is -0.959. The lowest BCUT2D eigenvalue weighted by Gasteiger charge is -2.13. The van der Waals surface area contributed by atoms with E-state index in [0.717, 1.165) is 5.56 Å².